The summed E-state index contributed by atoms with van der Waals surface area (Å²) in [6.45, 7) is 3.38. The van der Waals surface area contributed by atoms with Gasteiger partial charge in [0.25, 0.3) is 0 Å². The van der Waals surface area contributed by atoms with Crippen LogP contribution in [-0.2, 0) is 0 Å². The molecule has 2 fully saturated rings. The maximum Gasteiger partial charge on any atom is 0.191 e. The minimum Gasteiger partial charge on any atom is -0.355 e. The Morgan fingerprint density at radius 1 is 1.30 bits per heavy atom. The van der Waals surface area contributed by atoms with Crippen molar-refractivity contribution < 1.29 is 0 Å². The Hall–Kier alpha value is -0.0400. The van der Waals surface area contributed by atoms with Crippen LogP contribution in [0.2, 0.25) is 0 Å². The van der Waals surface area contributed by atoms with Crippen LogP contribution >= 0.6 is 24.0 Å². The van der Waals surface area contributed by atoms with Crippen LogP contribution in [0.4, 0.5) is 0 Å². The zero-order valence-electron chi connectivity index (χ0n) is 13.4. The lowest BCUT2D eigenvalue weighted by atomic mass is 9.75. The van der Waals surface area contributed by atoms with Gasteiger partial charge in [0, 0.05) is 25.2 Å². The lowest BCUT2D eigenvalue weighted by Gasteiger charge is -2.45. The van der Waals surface area contributed by atoms with Gasteiger partial charge in [0.2, 0.25) is 0 Å². The molecule has 2 rings (SSSR count). The molecule has 2 saturated carbocycles. The highest BCUT2D eigenvalue weighted by Crippen LogP contribution is 2.35. The number of hydrogen-bond acceptors (Lipinski definition) is 2. The van der Waals surface area contributed by atoms with Gasteiger partial charge in [-0.2, -0.15) is 0 Å². The summed E-state index contributed by atoms with van der Waals surface area (Å²) in [5.74, 6) is 1.80. The van der Waals surface area contributed by atoms with Crippen LogP contribution in [0.5, 0.6) is 0 Å². The smallest absolute Gasteiger partial charge is 0.191 e. The first-order valence-corrected chi connectivity index (χ1v) is 7.70. The Morgan fingerprint density at radius 2 is 2.00 bits per heavy atom. The summed E-state index contributed by atoms with van der Waals surface area (Å²) < 4.78 is 0. The van der Waals surface area contributed by atoms with Crippen LogP contribution in [0, 0.1) is 5.92 Å². The van der Waals surface area contributed by atoms with Crippen LogP contribution in [0.1, 0.15) is 45.4 Å². The highest BCUT2D eigenvalue weighted by molar-refractivity contribution is 14.0. The second-order valence-corrected chi connectivity index (χ2v) is 6.66. The molecule has 0 heterocycles. The van der Waals surface area contributed by atoms with Gasteiger partial charge >= 0.3 is 0 Å². The molecule has 2 N–H and O–H groups in total. The zero-order valence-corrected chi connectivity index (χ0v) is 15.7. The molecule has 0 amide bonds. The van der Waals surface area contributed by atoms with Gasteiger partial charge < -0.3 is 15.5 Å². The molecule has 20 heavy (non-hydrogen) atoms. The van der Waals surface area contributed by atoms with E-state index in [2.05, 4.69) is 41.5 Å². The van der Waals surface area contributed by atoms with Gasteiger partial charge in [-0.1, -0.05) is 19.8 Å². The third-order valence-electron chi connectivity index (χ3n) is 4.74. The fourth-order valence-corrected chi connectivity index (χ4v) is 3.22. The van der Waals surface area contributed by atoms with Gasteiger partial charge in [-0.15, -0.1) is 24.0 Å². The van der Waals surface area contributed by atoms with E-state index in [9.17, 15) is 0 Å². The molecular weight excluding hydrogens is 363 g/mol. The molecule has 0 bridgehead atoms. The highest BCUT2D eigenvalue weighted by atomic mass is 127. The standard InChI is InChI=1S/C15H30N4.HI/c1-12-6-5-9-15(10-12,19(3)4)11-17-14(16-2)18-13-7-8-13;/h12-13H,5-11H2,1-4H3,(H2,16,17,18);1H. The molecule has 2 aliphatic rings. The van der Waals surface area contributed by atoms with Crippen LogP contribution in [0.3, 0.4) is 0 Å². The van der Waals surface area contributed by atoms with E-state index in [1.165, 1.54) is 38.5 Å². The Balaban J connectivity index is 0.00000200. The zero-order chi connectivity index (χ0) is 13.9. The minimum atomic E-state index is 0. The summed E-state index contributed by atoms with van der Waals surface area (Å²) in [4.78, 5) is 6.75. The first kappa shape index (κ1) is 18.0. The highest BCUT2D eigenvalue weighted by Gasteiger charge is 2.37. The maximum absolute atomic E-state index is 4.34. The number of hydrogen-bond donors (Lipinski definition) is 2. The molecule has 0 saturated heterocycles. The first-order valence-electron chi connectivity index (χ1n) is 7.70. The largest absolute Gasteiger partial charge is 0.355 e. The monoisotopic (exact) mass is 394 g/mol. The van der Waals surface area contributed by atoms with E-state index in [1.807, 2.05) is 7.05 Å². The number of halogens is 1. The third-order valence-corrected chi connectivity index (χ3v) is 4.74. The topological polar surface area (TPSA) is 39.7 Å². The fourth-order valence-electron chi connectivity index (χ4n) is 3.22. The Morgan fingerprint density at radius 3 is 2.50 bits per heavy atom. The van der Waals surface area contributed by atoms with Gasteiger partial charge in [-0.25, -0.2) is 0 Å². The van der Waals surface area contributed by atoms with Crippen molar-refractivity contribution in [3.05, 3.63) is 0 Å². The molecule has 2 aliphatic carbocycles. The van der Waals surface area contributed by atoms with Crippen molar-refractivity contribution in [2.75, 3.05) is 27.7 Å². The molecule has 4 nitrogen and oxygen atoms in total. The van der Waals surface area contributed by atoms with E-state index in [-0.39, 0.29) is 24.0 Å². The van der Waals surface area contributed by atoms with Crippen molar-refractivity contribution in [3.8, 4) is 0 Å². The summed E-state index contributed by atoms with van der Waals surface area (Å²) in [6, 6.07) is 0.659. The van der Waals surface area contributed by atoms with E-state index >= 15 is 0 Å². The molecule has 0 radical (unpaired) electrons. The maximum atomic E-state index is 4.34. The average molecular weight is 394 g/mol. The van der Waals surface area contributed by atoms with E-state index < -0.39 is 0 Å². The van der Waals surface area contributed by atoms with Gasteiger partial charge in [0.05, 0.1) is 0 Å². The number of nitrogens with zero attached hydrogens (tertiary/aromatic N) is 2. The molecule has 0 aromatic carbocycles. The SMILES string of the molecule is CN=C(NCC1(N(C)C)CCCC(C)C1)NC1CC1.I. The normalized spacial score (nSPS) is 30.9. The Labute approximate surface area is 141 Å². The molecule has 5 heteroatoms. The number of nitrogens with one attached hydrogen (secondary N) is 2. The summed E-state index contributed by atoms with van der Waals surface area (Å²) in [5, 5.41) is 7.02. The van der Waals surface area contributed by atoms with Crippen molar-refractivity contribution >= 4 is 29.9 Å². The second kappa shape index (κ2) is 7.82. The number of likely N-dealkylation sites (N-methyl/N-ethyl adjacent to an activating group) is 1. The van der Waals surface area contributed by atoms with E-state index in [1.54, 1.807) is 0 Å². The van der Waals surface area contributed by atoms with Crippen molar-refractivity contribution in [2.24, 2.45) is 10.9 Å². The number of aliphatic imine (C=N–C) groups is 1. The molecule has 2 unspecified atom stereocenters. The quantitative estimate of drug-likeness (QED) is 0.437. The Kier molecular flexibility index (Phi) is 7.04. The molecule has 2 atom stereocenters. The number of rotatable bonds is 4. The van der Waals surface area contributed by atoms with Gasteiger partial charge in [-0.05, 0) is 45.7 Å². The van der Waals surface area contributed by atoms with Crippen molar-refractivity contribution in [3.63, 3.8) is 0 Å². The first-order chi connectivity index (χ1) is 9.05. The molecule has 0 spiro atoms. The minimum absolute atomic E-state index is 0. The molecular formula is C15H31IN4. The molecule has 0 aromatic heterocycles. The lowest BCUT2D eigenvalue weighted by Crippen LogP contribution is -2.56. The predicted molar refractivity (Wildman–Crippen MR) is 97.0 cm³/mol. The Bertz CT molecular complexity index is 328. The van der Waals surface area contributed by atoms with Gasteiger partial charge in [0.15, 0.2) is 5.96 Å². The lowest BCUT2D eigenvalue weighted by molar-refractivity contribution is 0.0795. The van der Waals surface area contributed by atoms with Gasteiger partial charge in [0.1, 0.15) is 0 Å². The van der Waals surface area contributed by atoms with Crippen molar-refractivity contribution in [1.29, 1.82) is 0 Å². The van der Waals surface area contributed by atoms with Gasteiger partial charge in [-0.3, -0.25) is 4.99 Å². The van der Waals surface area contributed by atoms with Crippen molar-refractivity contribution in [2.45, 2.75) is 57.0 Å². The average Bonchev–Trinajstić information content (AvgIpc) is 3.18. The summed E-state index contributed by atoms with van der Waals surface area (Å²) in [7, 11) is 6.30. The van der Waals surface area contributed by atoms with E-state index in [0.717, 1.165) is 18.4 Å². The van der Waals surface area contributed by atoms with E-state index in [0.29, 0.717) is 11.6 Å². The fraction of sp³-hybridized carbons (Fsp3) is 0.933. The van der Waals surface area contributed by atoms with Crippen LogP contribution in [-0.4, -0.2) is 50.1 Å². The molecule has 0 aliphatic heterocycles. The van der Waals surface area contributed by atoms with Crippen molar-refractivity contribution in [1.82, 2.24) is 15.5 Å². The predicted octanol–water partition coefficient (Wildman–Crippen LogP) is 2.44. The molecule has 0 aromatic rings. The second-order valence-electron chi connectivity index (χ2n) is 6.66. The molecule has 118 valence electrons. The summed E-state index contributed by atoms with van der Waals surface area (Å²) in [5.41, 5.74) is 0.291. The van der Waals surface area contributed by atoms with Crippen LogP contribution < -0.4 is 10.6 Å². The summed E-state index contributed by atoms with van der Waals surface area (Å²) >= 11 is 0. The van der Waals surface area contributed by atoms with E-state index in [4.69, 9.17) is 0 Å². The third kappa shape index (κ3) is 4.76. The summed E-state index contributed by atoms with van der Waals surface area (Å²) in [6.07, 6.45) is 7.87. The number of guanidine groups is 1. The van der Waals surface area contributed by atoms with Crippen LogP contribution in [0.15, 0.2) is 4.99 Å². The van der Waals surface area contributed by atoms with Crippen LogP contribution in [0.25, 0.3) is 0 Å².